The van der Waals surface area contributed by atoms with Crippen LogP contribution in [0.2, 0.25) is 0 Å². The van der Waals surface area contributed by atoms with Gasteiger partial charge in [-0.25, -0.2) is 4.98 Å². The van der Waals surface area contributed by atoms with E-state index in [9.17, 15) is 4.79 Å². The Labute approximate surface area is 189 Å². The number of likely N-dealkylation sites (N-methyl/N-ethyl adjacent to an activating group) is 1. The lowest BCUT2D eigenvalue weighted by Crippen LogP contribution is -2.47. The first-order valence-corrected chi connectivity index (χ1v) is 11.6. The second-order valence-corrected chi connectivity index (χ2v) is 9.32. The lowest BCUT2D eigenvalue weighted by atomic mass is 10.0. The Balaban J connectivity index is 1.46. The van der Waals surface area contributed by atoms with E-state index >= 15 is 0 Å². The van der Waals surface area contributed by atoms with Gasteiger partial charge in [0.1, 0.15) is 0 Å². The summed E-state index contributed by atoms with van der Waals surface area (Å²) in [6.45, 7) is 6.90. The molecule has 0 radical (unpaired) electrons. The van der Waals surface area contributed by atoms with Gasteiger partial charge in [-0.05, 0) is 38.4 Å². The number of amides is 1. The van der Waals surface area contributed by atoms with Gasteiger partial charge in [0, 0.05) is 51.4 Å². The molecule has 7 heteroatoms. The highest BCUT2D eigenvalue weighted by molar-refractivity contribution is 6.06. The first-order valence-electron chi connectivity index (χ1n) is 11.6. The van der Waals surface area contributed by atoms with Crippen LogP contribution >= 0.6 is 0 Å². The predicted octanol–water partition coefficient (Wildman–Crippen LogP) is 2.87. The summed E-state index contributed by atoms with van der Waals surface area (Å²) in [6, 6.07) is 12.2. The van der Waals surface area contributed by atoms with Gasteiger partial charge >= 0.3 is 0 Å². The van der Waals surface area contributed by atoms with E-state index < -0.39 is 0 Å². The molecule has 1 aliphatic heterocycles. The lowest BCUT2D eigenvalue weighted by Gasteiger charge is -2.35. The molecule has 1 saturated heterocycles. The van der Waals surface area contributed by atoms with E-state index in [2.05, 4.69) is 39.4 Å². The van der Waals surface area contributed by atoms with Crippen LogP contribution in [0.5, 0.6) is 0 Å². The van der Waals surface area contributed by atoms with Gasteiger partial charge in [0.05, 0.1) is 22.7 Å². The van der Waals surface area contributed by atoms with Gasteiger partial charge < -0.3 is 10.2 Å². The molecule has 1 N–H and O–H groups in total. The minimum atomic E-state index is -0.0725. The number of carbonyl (C=O) groups excluding carboxylic acids is 1. The fourth-order valence-electron chi connectivity index (χ4n) is 4.68. The van der Waals surface area contributed by atoms with Crippen molar-refractivity contribution in [3.63, 3.8) is 0 Å². The number of fused-ring (bicyclic) bond motifs is 1. The smallest absolute Gasteiger partial charge is 0.252 e. The van der Waals surface area contributed by atoms with Gasteiger partial charge in [0.15, 0.2) is 5.65 Å². The molecule has 7 nitrogen and oxygen atoms in total. The minimum absolute atomic E-state index is 0.0432. The lowest BCUT2D eigenvalue weighted by molar-refractivity contribution is 0.0908. The molecular formula is C25H32N6O. The van der Waals surface area contributed by atoms with Crippen molar-refractivity contribution in [1.29, 1.82) is 0 Å². The van der Waals surface area contributed by atoms with Crippen LogP contribution in [-0.4, -0.2) is 70.2 Å². The minimum Gasteiger partial charge on any atom is -0.344 e. The van der Waals surface area contributed by atoms with Crippen LogP contribution in [0.15, 0.2) is 36.4 Å². The third kappa shape index (κ3) is 4.27. The molecule has 2 fully saturated rings. The van der Waals surface area contributed by atoms with Crippen molar-refractivity contribution in [2.45, 2.75) is 31.7 Å². The van der Waals surface area contributed by atoms with Crippen LogP contribution < -0.4 is 5.32 Å². The first-order chi connectivity index (χ1) is 15.5. The standard InChI is InChI=1S/C25H32N6O/c1-17-23-20(15-21(19-9-10-19)26-24(23)30(3)28-17)25(32)27-22(18-7-5-4-6-8-18)16-31-13-11-29(2)12-14-31/h4-8,15,19,22H,9-14,16H2,1-3H3,(H,27,32). The molecule has 3 heterocycles. The molecule has 1 amide bonds. The number of rotatable bonds is 6. The Kier molecular flexibility index (Phi) is 5.69. The van der Waals surface area contributed by atoms with E-state index in [-0.39, 0.29) is 11.9 Å². The molecule has 3 aromatic rings. The van der Waals surface area contributed by atoms with Gasteiger partial charge in [0.2, 0.25) is 0 Å². The quantitative estimate of drug-likeness (QED) is 0.649. The van der Waals surface area contributed by atoms with Crippen LogP contribution in [0, 0.1) is 6.92 Å². The van der Waals surface area contributed by atoms with Crippen molar-refractivity contribution in [3.05, 3.63) is 58.9 Å². The van der Waals surface area contributed by atoms with Crippen LogP contribution in [0.3, 0.4) is 0 Å². The summed E-state index contributed by atoms with van der Waals surface area (Å²) in [5, 5.41) is 8.78. The molecule has 1 saturated carbocycles. The fourth-order valence-corrected chi connectivity index (χ4v) is 4.68. The number of carbonyl (C=O) groups is 1. The molecule has 1 aromatic carbocycles. The van der Waals surface area contributed by atoms with Gasteiger partial charge in [-0.15, -0.1) is 0 Å². The van der Waals surface area contributed by atoms with E-state index in [4.69, 9.17) is 4.98 Å². The number of piperazine rings is 1. The predicted molar refractivity (Wildman–Crippen MR) is 126 cm³/mol. The summed E-state index contributed by atoms with van der Waals surface area (Å²) in [4.78, 5) is 23.3. The number of nitrogens with zero attached hydrogens (tertiary/aromatic N) is 5. The normalized spacial score (nSPS) is 18.7. The van der Waals surface area contributed by atoms with E-state index in [1.807, 2.05) is 38.2 Å². The summed E-state index contributed by atoms with van der Waals surface area (Å²) in [6.07, 6.45) is 2.29. The van der Waals surface area contributed by atoms with E-state index in [1.54, 1.807) is 4.68 Å². The van der Waals surface area contributed by atoms with E-state index in [0.717, 1.165) is 73.6 Å². The van der Waals surface area contributed by atoms with Crippen molar-refractivity contribution in [2.24, 2.45) is 7.05 Å². The number of nitrogens with one attached hydrogen (secondary N) is 1. The average Bonchev–Trinajstić information content (AvgIpc) is 3.61. The maximum atomic E-state index is 13.7. The van der Waals surface area contributed by atoms with E-state index in [0.29, 0.717) is 11.5 Å². The number of hydrogen-bond acceptors (Lipinski definition) is 5. The average molecular weight is 433 g/mol. The van der Waals surface area contributed by atoms with Gasteiger partial charge in [-0.2, -0.15) is 5.10 Å². The Bertz CT molecular complexity index is 1110. The highest BCUT2D eigenvalue weighted by Crippen LogP contribution is 2.40. The molecule has 1 aliphatic carbocycles. The monoisotopic (exact) mass is 432 g/mol. The zero-order chi connectivity index (χ0) is 22.2. The zero-order valence-electron chi connectivity index (χ0n) is 19.2. The SMILES string of the molecule is Cc1nn(C)c2nc(C3CC3)cc(C(=O)NC(CN3CCN(C)CC3)c3ccccc3)c12. The second-order valence-electron chi connectivity index (χ2n) is 9.32. The zero-order valence-corrected chi connectivity index (χ0v) is 19.2. The molecule has 2 aromatic heterocycles. The number of aryl methyl sites for hydroxylation is 2. The van der Waals surface area contributed by atoms with Gasteiger partial charge in [-0.1, -0.05) is 30.3 Å². The third-order valence-corrected chi connectivity index (χ3v) is 6.77. The topological polar surface area (TPSA) is 66.3 Å². The number of aromatic nitrogens is 3. The first kappa shape index (κ1) is 21.1. The Morgan fingerprint density at radius 2 is 1.84 bits per heavy atom. The largest absolute Gasteiger partial charge is 0.344 e. The summed E-state index contributed by atoms with van der Waals surface area (Å²) >= 11 is 0. The molecule has 2 aliphatic rings. The number of pyridine rings is 1. The van der Waals surface area contributed by atoms with Gasteiger partial charge in [0.25, 0.3) is 5.91 Å². The maximum Gasteiger partial charge on any atom is 0.252 e. The van der Waals surface area contributed by atoms with Crippen molar-refractivity contribution >= 4 is 16.9 Å². The van der Waals surface area contributed by atoms with Crippen LogP contribution in [0.1, 0.15) is 52.1 Å². The van der Waals surface area contributed by atoms with Crippen molar-refractivity contribution < 1.29 is 4.79 Å². The fraction of sp³-hybridized carbons (Fsp3) is 0.480. The number of benzene rings is 1. The molecule has 0 spiro atoms. The van der Waals surface area contributed by atoms with Crippen molar-refractivity contribution in [2.75, 3.05) is 39.8 Å². The summed E-state index contributed by atoms with van der Waals surface area (Å²) in [5.74, 6) is 0.426. The Morgan fingerprint density at radius 1 is 1.12 bits per heavy atom. The van der Waals surface area contributed by atoms with Gasteiger partial charge in [-0.3, -0.25) is 14.4 Å². The van der Waals surface area contributed by atoms with Crippen molar-refractivity contribution in [1.82, 2.24) is 29.9 Å². The summed E-state index contributed by atoms with van der Waals surface area (Å²) in [7, 11) is 4.07. The second kappa shape index (κ2) is 8.64. The molecule has 1 atom stereocenters. The highest BCUT2D eigenvalue weighted by Gasteiger charge is 2.29. The van der Waals surface area contributed by atoms with E-state index in [1.165, 1.54) is 0 Å². The Hall–Kier alpha value is -2.77. The highest BCUT2D eigenvalue weighted by atomic mass is 16.1. The maximum absolute atomic E-state index is 13.7. The molecular weight excluding hydrogens is 400 g/mol. The van der Waals surface area contributed by atoms with Crippen molar-refractivity contribution in [3.8, 4) is 0 Å². The summed E-state index contributed by atoms with van der Waals surface area (Å²) < 4.78 is 1.80. The molecule has 1 unspecified atom stereocenters. The van der Waals surface area contributed by atoms with Crippen LogP contribution in [0.4, 0.5) is 0 Å². The van der Waals surface area contributed by atoms with Crippen LogP contribution in [-0.2, 0) is 7.05 Å². The molecule has 0 bridgehead atoms. The van der Waals surface area contributed by atoms with Crippen LogP contribution in [0.25, 0.3) is 11.0 Å². The molecule has 168 valence electrons. The Morgan fingerprint density at radius 3 is 2.53 bits per heavy atom. The number of hydrogen-bond donors (Lipinski definition) is 1. The molecule has 32 heavy (non-hydrogen) atoms. The summed E-state index contributed by atoms with van der Waals surface area (Å²) in [5.41, 5.74) is 4.49. The third-order valence-electron chi connectivity index (χ3n) is 6.77. The molecule has 5 rings (SSSR count).